The lowest BCUT2D eigenvalue weighted by atomic mass is 9.79. The van der Waals surface area contributed by atoms with Gasteiger partial charge in [-0.25, -0.2) is 4.98 Å². The van der Waals surface area contributed by atoms with Gasteiger partial charge < -0.3 is 10.6 Å². The molecule has 1 fully saturated rings. The van der Waals surface area contributed by atoms with Crippen LogP contribution in [0.1, 0.15) is 51.7 Å². The van der Waals surface area contributed by atoms with E-state index in [1.807, 2.05) is 60.7 Å². The van der Waals surface area contributed by atoms with Crippen LogP contribution in [-0.2, 0) is 14.3 Å². The van der Waals surface area contributed by atoms with E-state index in [1.165, 1.54) is 0 Å². The minimum absolute atomic E-state index is 0.155. The van der Waals surface area contributed by atoms with Crippen LogP contribution in [0.3, 0.4) is 0 Å². The van der Waals surface area contributed by atoms with E-state index < -0.39 is 16.2 Å². The summed E-state index contributed by atoms with van der Waals surface area (Å²) in [7, 11) is -3.54. The van der Waals surface area contributed by atoms with Gasteiger partial charge in [0.2, 0.25) is 5.95 Å². The number of nitrogens with one attached hydrogen (secondary N) is 2. The normalized spacial score (nSPS) is 15.4. The Morgan fingerprint density at radius 3 is 2.24 bits per heavy atom. The van der Waals surface area contributed by atoms with E-state index in [9.17, 15) is 8.42 Å². The molecule has 3 aromatic rings. The number of hydrogen-bond donors (Lipinski definition) is 2. The lowest BCUT2D eigenvalue weighted by Crippen LogP contribution is -2.26. The van der Waals surface area contributed by atoms with E-state index >= 15 is 0 Å². The highest BCUT2D eigenvalue weighted by atomic mass is 32.2. The first-order valence-corrected chi connectivity index (χ1v) is 13.4. The molecular formula is C26H32N4O3S. The molecule has 0 amide bonds. The molecule has 0 saturated heterocycles. The molecule has 1 atom stereocenters. The molecule has 0 aliphatic heterocycles. The summed E-state index contributed by atoms with van der Waals surface area (Å²) in [5, 5.41) is 6.71. The Kier molecular flexibility index (Phi) is 6.91. The van der Waals surface area contributed by atoms with E-state index in [1.54, 1.807) is 0 Å². The predicted molar refractivity (Wildman–Crippen MR) is 137 cm³/mol. The molecule has 1 aliphatic rings. The molecule has 1 saturated carbocycles. The van der Waals surface area contributed by atoms with Crippen LogP contribution in [0, 0.1) is 5.92 Å². The van der Waals surface area contributed by atoms with Crippen LogP contribution in [0.25, 0.3) is 11.3 Å². The molecular weight excluding hydrogens is 448 g/mol. The summed E-state index contributed by atoms with van der Waals surface area (Å²) in [5.74, 6) is 1.43. The molecule has 1 unspecified atom stereocenters. The van der Waals surface area contributed by atoms with Crippen LogP contribution in [0.15, 0.2) is 60.7 Å². The summed E-state index contributed by atoms with van der Waals surface area (Å²) in [6.45, 7) is 6.25. The Balaban J connectivity index is 1.59. The molecule has 7 nitrogen and oxygen atoms in total. The van der Waals surface area contributed by atoms with Crippen molar-refractivity contribution < 1.29 is 12.6 Å². The van der Waals surface area contributed by atoms with Crippen molar-refractivity contribution >= 4 is 27.6 Å². The minimum Gasteiger partial charge on any atom is -0.365 e. The second-order valence-electron chi connectivity index (χ2n) is 9.86. The summed E-state index contributed by atoms with van der Waals surface area (Å²) in [5.41, 5.74) is 3.32. The van der Waals surface area contributed by atoms with Crippen molar-refractivity contribution in [2.24, 2.45) is 5.92 Å². The summed E-state index contributed by atoms with van der Waals surface area (Å²) >= 11 is 0. The summed E-state index contributed by atoms with van der Waals surface area (Å²) in [4.78, 5) is 9.38. The lowest BCUT2D eigenvalue weighted by Gasteiger charge is -2.33. The van der Waals surface area contributed by atoms with E-state index in [2.05, 4.69) is 36.4 Å². The lowest BCUT2D eigenvalue weighted by molar-refractivity contribution is 0.0908. The zero-order chi connectivity index (χ0) is 24.3. The molecule has 34 heavy (non-hydrogen) atoms. The molecule has 0 radical (unpaired) electrons. The van der Waals surface area contributed by atoms with Gasteiger partial charge in [0, 0.05) is 22.9 Å². The fourth-order valence-electron chi connectivity index (χ4n) is 3.93. The molecule has 0 bridgehead atoms. The molecule has 0 spiro atoms. The molecule has 2 N–H and O–H groups in total. The minimum atomic E-state index is -3.54. The van der Waals surface area contributed by atoms with Crippen LogP contribution in [0.4, 0.5) is 17.5 Å². The first kappa shape index (κ1) is 24.2. The topological polar surface area (TPSA) is 93.2 Å². The van der Waals surface area contributed by atoms with Crippen molar-refractivity contribution in [1.82, 2.24) is 9.97 Å². The highest BCUT2D eigenvalue weighted by molar-refractivity contribution is 7.86. The van der Waals surface area contributed by atoms with Gasteiger partial charge in [-0.2, -0.15) is 13.4 Å². The quantitative estimate of drug-likeness (QED) is 0.387. The fourth-order valence-corrected chi connectivity index (χ4v) is 4.58. The van der Waals surface area contributed by atoms with Crippen LogP contribution in [-0.4, -0.2) is 30.2 Å². The SMILES string of the molecule is CC(C)(C)Nc1cc(-c2ccccc2)nc(Nc2ccc(C(OS(C)(=O)=O)C3CCC3)cc2)n1. The Labute approximate surface area is 202 Å². The predicted octanol–water partition coefficient (Wildman–Crippen LogP) is 5.92. The van der Waals surface area contributed by atoms with Crippen molar-refractivity contribution in [2.75, 3.05) is 16.9 Å². The Morgan fingerprint density at radius 2 is 1.68 bits per heavy atom. The van der Waals surface area contributed by atoms with Crippen LogP contribution in [0.2, 0.25) is 0 Å². The molecule has 1 aliphatic carbocycles. The number of anilines is 3. The Bertz CT molecular complexity index is 1220. The average molecular weight is 481 g/mol. The van der Waals surface area contributed by atoms with Gasteiger partial charge in [-0.15, -0.1) is 0 Å². The number of nitrogens with zero attached hydrogens (tertiary/aromatic N) is 2. The Hall–Kier alpha value is -2.97. The second kappa shape index (κ2) is 9.72. The number of rotatable bonds is 8. The van der Waals surface area contributed by atoms with E-state index in [0.29, 0.717) is 5.95 Å². The fraction of sp³-hybridized carbons (Fsp3) is 0.385. The highest BCUT2D eigenvalue weighted by Gasteiger charge is 2.32. The summed E-state index contributed by atoms with van der Waals surface area (Å²) in [6.07, 6.45) is 3.72. The van der Waals surface area contributed by atoms with Crippen LogP contribution in [0.5, 0.6) is 0 Å². The third-order valence-corrected chi connectivity index (χ3v) is 6.21. The second-order valence-corrected chi connectivity index (χ2v) is 11.5. The third kappa shape index (κ3) is 6.55. The first-order valence-electron chi connectivity index (χ1n) is 11.5. The van der Waals surface area contributed by atoms with E-state index in [4.69, 9.17) is 9.17 Å². The van der Waals surface area contributed by atoms with Gasteiger partial charge in [-0.3, -0.25) is 4.18 Å². The maximum absolute atomic E-state index is 11.8. The maximum Gasteiger partial charge on any atom is 0.264 e. The van der Waals surface area contributed by atoms with Crippen molar-refractivity contribution in [3.8, 4) is 11.3 Å². The van der Waals surface area contributed by atoms with Gasteiger partial charge in [0.05, 0.1) is 11.9 Å². The zero-order valence-corrected chi connectivity index (χ0v) is 20.9. The van der Waals surface area contributed by atoms with Crippen LogP contribution < -0.4 is 10.6 Å². The smallest absolute Gasteiger partial charge is 0.264 e. The number of benzene rings is 2. The highest BCUT2D eigenvalue weighted by Crippen LogP contribution is 2.41. The van der Waals surface area contributed by atoms with Gasteiger partial charge in [0.25, 0.3) is 10.1 Å². The Morgan fingerprint density at radius 1 is 1.00 bits per heavy atom. The summed E-state index contributed by atoms with van der Waals surface area (Å²) in [6, 6.07) is 19.6. The molecule has 4 rings (SSSR count). The van der Waals surface area contributed by atoms with Gasteiger partial charge >= 0.3 is 0 Å². The van der Waals surface area contributed by atoms with Crippen molar-refractivity contribution in [3.05, 3.63) is 66.2 Å². The molecule has 1 heterocycles. The van der Waals surface area contributed by atoms with E-state index in [0.717, 1.165) is 53.8 Å². The van der Waals surface area contributed by atoms with Gasteiger partial charge in [0.1, 0.15) is 11.9 Å². The van der Waals surface area contributed by atoms with E-state index in [-0.39, 0.29) is 11.5 Å². The van der Waals surface area contributed by atoms with Crippen molar-refractivity contribution in [1.29, 1.82) is 0 Å². The molecule has 180 valence electrons. The first-order chi connectivity index (χ1) is 16.1. The molecule has 2 aromatic carbocycles. The van der Waals surface area contributed by atoms with Crippen molar-refractivity contribution in [3.63, 3.8) is 0 Å². The van der Waals surface area contributed by atoms with Gasteiger partial charge in [0.15, 0.2) is 0 Å². The van der Waals surface area contributed by atoms with Gasteiger partial charge in [-0.05, 0) is 57.2 Å². The maximum atomic E-state index is 11.8. The van der Waals surface area contributed by atoms with Gasteiger partial charge in [-0.1, -0.05) is 48.9 Å². The average Bonchev–Trinajstić information content (AvgIpc) is 2.71. The van der Waals surface area contributed by atoms with Crippen molar-refractivity contribution in [2.45, 2.75) is 51.7 Å². The monoisotopic (exact) mass is 480 g/mol. The largest absolute Gasteiger partial charge is 0.365 e. The number of hydrogen-bond acceptors (Lipinski definition) is 7. The molecule has 8 heteroatoms. The number of aromatic nitrogens is 2. The van der Waals surface area contributed by atoms with Crippen LogP contribution >= 0.6 is 0 Å². The zero-order valence-electron chi connectivity index (χ0n) is 20.1. The summed E-state index contributed by atoms with van der Waals surface area (Å²) < 4.78 is 29.0. The third-order valence-electron chi connectivity index (χ3n) is 5.65. The standard InChI is InChI=1S/C26H32N4O3S/c1-26(2,3)30-23-17-22(18-9-6-5-7-10-18)28-25(29-23)27-21-15-13-20(14-16-21)24(19-11-8-12-19)33-34(4,31)32/h5-7,9-10,13-17,19,24H,8,11-12H2,1-4H3,(H2,27,28,29,30). The molecule has 1 aromatic heterocycles.